The molecule has 0 aliphatic rings. The number of pyridine rings is 1. The molecule has 2 heteroatoms. The van der Waals surface area contributed by atoms with E-state index >= 15 is 0 Å². The highest BCUT2D eigenvalue weighted by atomic mass is 14.7. The van der Waals surface area contributed by atoms with Crippen molar-refractivity contribution in [1.82, 2.24) is 4.98 Å². The van der Waals surface area contributed by atoms with Crippen LogP contribution in [0.25, 0.3) is 6.08 Å². The van der Waals surface area contributed by atoms with Crippen LogP contribution in [-0.4, -0.2) is 11.5 Å². The van der Waals surface area contributed by atoms with E-state index in [-0.39, 0.29) is 0 Å². The van der Waals surface area contributed by atoms with Gasteiger partial charge in [-0.25, -0.2) is 0 Å². The first-order chi connectivity index (χ1) is 5.34. The first-order valence-electron chi connectivity index (χ1n) is 3.63. The normalized spacial score (nSPS) is 10.7. The Labute approximate surface area is 66.8 Å². The Bertz CT molecular complexity index is 253. The number of hydrogen-bond donors (Lipinski definition) is 1. The first-order valence-corrected chi connectivity index (χ1v) is 3.63. The Kier molecular flexibility index (Phi) is 2.81. The molecule has 0 radical (unpaired) electrons. The second kappa shape index (κ2) is 3.88. The summed E-state index contributed by atoms with van der Waals surface area (Å²) in [6.07, 6.45) is 5.70. The topological polar surface area (TPSA) is 38.9 Å². The van der Waals surface area contributed by atoms with Gasteiger partial charge in [-0.3, -0.25) is 4.98 Å². The van der Waals surface area contributed by atoms with Crippen molar-refractivity contribution in [2.75, 3.05) is 6.54 Å². The zero-order valence-electron chi connectivity index (χ0n) is 6.62. The molecule has 0 fully saturated rings. The lowest BCUT2D eigenvalue weighted by molar-refractivity contribution is 1.19. The third-order valence-electron chi connectivity index (χ3n) is 1.48. The molecule has 58 valence electrons. The van der Waals surface area contributed by atoms with E-state index in [1.165, 1.54) is 0 Å². The van der Waals surface area contributed by atoms with Crippen molar-refractivity contribution < 1.29 is 0 Å². The lowest BCUT2D eigenvalue weighted by Gasteiger charge is -1.95. The Hall–Kier alpha value is -1.15. The van der Waals surface area contributed by atoms with Gasteiger partial charge in [0.1, 0.15) is 0 Å². The fourth-order valence-electron chi connectivity index (χ4n) is 0.868. The van der Waals surface area contributed by atoms with E-state index in [0.29, 0.717) is 6.54 Å². The lowest BCUT2D eigenvalue weighted by atomic mass is 10.2. The lowest BCUT2D eigenvalue weighted by Crippen LogP contribution is -1.92. The van der Waals surface area contributed by atoms with Gasteiger partial charge in [-0.05, 0) is 18.6 Å². The van der Waals surface area contributed by atoms with Crippen molar-refractivity contribution in [2.45, 2.75) is 6.92 Å². The van der Waals surface area contributed by atoms with Crippen LogP contribution < -0.4 is 5.73 Å². The predicted molar refractivity (Wildman–Crippen MR) is 47.1 cm³/mol. The summed E-state index contributed by atoms with van der Waals surface area (Å²) < 4.78 is 0. The standard InChI is InChI=1S/C9H12N2/c1-8-9(4-2-6-10)5-3-7-11-8/h2-5,7H,6,10H2,1H3/b4-2+. The van der Waals surface area contributed by atoms with Crippen LogP contribution in [0.2, 0.25) is 0 Å². The van der Waals surface area contributed by atoms with Gasteiger partial charge in [-0.2, -0.15) is 0 Å². The third kappa shape index (κ3) is 2.16. The molecule has 0 unspecified atom stereocenters. The summed E-state index contributed by atoms with van der Waals surface area (Å²) in [6.45, 7) is 2.56. The molecule has 0 saturated heterocycles. The Morgan fingerprint density at radius 2 is 2.45 bits per heavy atom. The van der Waals surface area contributed by atoms with Crippen molar-refractivity contribution >= 4 is 6.08 Å². The summed E-state index contributed by atoms with van der Waals surface area (Å²) in [7, 11) is 0. The second-order valence-corrected chi connectivity index (χ2v) is 2.32. The fraction of sp³-hybridized carbons (Fsp3) is 0.222. The molecule has 1 rings (SSSR count). The molecule has 1 heterocycles. The van der Waals surface area contributed by atoms with Gasteiger partial charge >= 0.3 is 0 Å². The molecule has 0 aromatic carbocycles. The number of aromatic nitrogens is 1. The molecule has 0 saturated carbocycles. The highest BCUT2D eigenvalue weighted by molar-refractivity contribution is 5.51. The zero-order valence-corrected chi connectivity index (χ0v) is 6.62. The van der Waals surface area contributed by atoms with Crippen LogP contribution in [0.5, 0.6) is 0 Å². The molecule has 0 spiro atoms. The summed E-state index contributed by atoms with van der Waals surface area (Å²) >= 11 is 0. The predicted octanol–water partition coefficient (Wildman–Crippen LogP) is 1.36. The fourth-order valence-corrected chi connectivity index (χ4v) is 0.868. The van der Waals surface area contributed by atoms with Gasteiger partial charge in [0, 0.05) is 18.4 Å². The van der Waals surface area contributed by atoms with Gasteiger partial charge in [0.2, 0.25) is 0 Å². The van der Waals surface area contributed by atoms with Crippen LogP contribution in [0.3, 0.4) is 0 Å². The molecule has 1 aromatic heterocycles. The third-order valence-corrected chi connectivity index (χ3v) is 1.48. The summed E-state index contributed by atoms with van der Waals surface area (Å²) in [5, 5.41) is 0. The van der Waals surface area contributed by atoms with E-state index in [0.717, 1.165) is 11.3 Å². The Morgan fingerprint density at radius 1 is 1.64 bits per heavy atom. The van der Waals surface area contributed by atoms with Crippen LogP contribution >= 0.6 is 0 Å². The second-order valence-electron chi connectivity index (χ2n) is 2.32. The number of hydrogen-bond acceptors (Lipinski definition) is 2. The van der Waals surface area contributed by atoms with E-state index in [1.807, 2.05) is 31.2 Å². The van der Waals surface area contributed by atoms with Crippen LogP contribution in [0, 0.1) is 6.92 Å². The number of aryl methyl sites for hydroxylation is 1. The van der Waals surface area contributed by atoms with E-state index < -0.39 is 0 Å². The summed E-state index contributed by atoms with van der Waals surface area (Å²) in [4.78, 5) is 4.14. The maximum Gasteiger partial charge on any atom is 0.0444 e. The molecule has 2 N–H and O–H groups in total. The maximum absolute atomic E-state index is 5.32. The molecule has 11 heavy (non-hydrogen) atoms. The van der Waals surface area contributed by atoms with Gasteiger partial charge in [0.25, 0.3) is 0 Å². The quantitative estimate of drug-likeness (QED) is 0.687. The SMILES string of the molecule is Cc1ncccc1/C=C/CN. The van der Waals surface area contributed by atoms with Crippen molar-refractivity contribution in [3.05, 3.63) is 35.7 Å². The minimum absolute atomic E-state index is 0.578. The monoisotopic (exact) mass is 148 g/mol. The van der Waals surface area contributed by atoms with Gasteiger partial charge in [-0.15, -0.1) is 0 Å². The minimum Gasteiger partial charge on any atom is -0.327 e. The molecule has 0 amide bonds. The first kappa shape index (κ1) is 7.95. The minimum atomic E-state index is 0.578. The van der Waals surface area contributed by atoms with Gasteiger partial charge < -0.3 is 5.73 Å². The molecule has 0 aliphatic carbocycles. The van der Waals surface area contributed by atoms with Gasteiger partial charge in [0.15, 0.2) is 0 Å². The van der Waals surface area contributed by atoms with Crippen LogP contribution in [0.1, 0.15) is 11.3 Å². The van der Waals surface area contributed by atoms with Crippen molar-refractivity contribution in [1.29, 1.82) is 0 Å². The summed E-state index contributed by atoms with van der Waals surface area (Å²) in [6, 6.07) is 3.94. The highest BCUT2D eigenvalue weighted by Gasteiger charge is 1.90. The van der Waals surface area contributed by atoms with E-state index in [9.17, 15) is 0 Å². The Morgan fingerprint density at radius 3 is 3.09 bits per heavy atom. The molecule has 1 aromatic rings. The molecular formula is C9H12N2. The average Bonchev–Trinajstić information content (AvgIpc) is 2.03. The molecule has 2 nitrogen and oxygen atoms in total. The van der Waals surface area contributed by atoms with Crippen molar-refractivity contribution in [3.63, 3.8) is 0 Å². The van der Waals surface area contributed by atoms with Gasteiger partial charge in [-0.1, -0.05) is 18.2 Å². The highest BCUT2D eigenvalue weighted by Crippen LogP contribution is 2.04. The van der Waals surface area contributed by atoms with Crippen molar-refractivity contribution in [3.8, 4) is 0 Å². The smallest absolute Gasteiger partial charge is 0.0444 e. The summed E-state index contributed by atoms with van der Waals surface area (Å²) in [5.41, 5.74) is 7.50. The largest absolute Gasteiger partial charge is 0.327 e. The summed E-state index contributed by atoms with van der Waals surface area (Å²) in [5.74, 6) is 0. The number of rotatable bonds is 2. The van der Waals surface area contributed by atoms with E-state index in [1.54, 1.807) is 6.20 Å². The number of nitrogens with zero attached hydrogens (tertiary/aromatic N) is 1. The number of nitrogens with two attached hydrogens (primary N) is 1. The van der Waals surface area contributed by atoms with Crippen LogP contribution in [-0.2, 0) is 0 Å². The maximum atomic E-state index is 5.32. The van der Waals surface area contributed by atoms with E-state index in [4.69, 9.17) is 5.73 Å². The van der Waals surface area contributed by atoms with Gasteiger partial charge in [0.05, 0.1) is 0 Å². The molecule has 0 bridgehead atoms. The molecule has 0 atom stereocenters. The van der Waals surface area contributed by atoms with E-state index in [2.05, 4.69) is 4.98 Å². The average molecular weight is 148 g/mol. The van der Waals surface area contributed by atoms with Crippen LogP contribution in [0.4, 0.5) is 0 Å². The Balaban J connectivity index is 2.86. The van der Waals surface area contributed by atoms with Crippen molar-refractivity contribution in [2.24, 2.45) is 5.73 Å². The zero-order chi connectivity index (χ0) is 8.10. The molecule has 0 aliphatic heterocycles. The molecular weight excluding hydrogens is 136 g/mol. The van der Waals surface area contributed by atoms with Crippen LogP contribution in [0.15, 0.2) is 24.4 Å².